The van der Waals surface area contributed by atoms with Crippen molar-refractivity contribution in [2.24, 2.45) is 0 Å². The largest absolute Gasteiger partial charge is 0.281 e. The van der Waals surface area contributed by atoms with Crippen LogP contribution in [-0.2, 0) is 9.05 Å². The Morgan fingerprint density at radius 1 is 1.38 bits per heavy atom. The van der Waals surface area contributed by atoms with Crippen molar-refractivity contribution in [1.82, 2.24) is 10.2 Å². The maximum atomic E-state index is 11.2. The highest BCUT2D eigenvalue weighted by molar-refractivity contribution is 8.13. The summed E-state index contributed by atoms with van der Waals surface area (Å²) >= 11 is 0. The second-order valence-electron chi connectivity index (χ2n) is 4.03. The van der Waals surface area contributed by atoms with Crippen LogP contribution in [0.15, 0.2) is 23.1 Å². The zero-order valence-corrected chi connectivity index (χ0v) is 9.85. The Hall–Kier alpha value is -1.07. The van der Waals surface area contributed by atoms with E-state index in [1.807, 2.05) is 0 Å². The van der Waals surface area contributed by atoms with Crippen LogP contribution in [0.3, 0.4) is 0 Å². The van der Waals surface area contributed by atoms with Gasteiger partial charge in [-0.2, -0.15) is 5.10 Å². The minimum absolute atomic E-state index is 0.130. The number of fused-ring (bicyclic) bond motifs is 1. The van der Waals surface area contributed by atoms with Crippen molar-refractivity contribution in [1.29, 1.82) is 0 Å². The molecule has 0 saturated heterocycles. The third kappa shape index (κ3) is 1.60. The zero-order valence-electron chi connectivity index (χ0n) is 8.27. The number of halogens is 1. The standard InChI is InChI=1S/C10H9ClN2O2S/c11-16(14,15)7-3-4-9-8(5-7)10(13-12-9)6-1-2-6/h3-6H,1-2H2,(H,12,13). The fourth-order valence-corrected chi connectivity index (χ4v) is 2.62. The molecule has 0 atom stereocenters. The van der Waals surface area contributed by atoms with Crippen LogP contribution in [0.2, 0.25) is 0 Å². The van der Waals surface area contributed by atoms with Gasteiger partial charge < -0.3 is 0 Å². The summed E-state index contributed by atoms with van der Waals surface area (Å²) in [6.07, 6.45) is 2.27. The van der Waals surface area contributed by atoms with Crippen molar-refractivity contribution in [3.63, 3.8) is 0 Å². The van der Waals surface area contributed by atoms with Crippen molar-refractivity contribution in [2.75, 3.05) is 0 Å². The Morgan fingerprint density at radius 3 is 2.75 bits per heavy atom. The number of nitrogens with zero attached hydrogens (tertiary/aromatic N) is 1. The second kappa shape index (κ2) is 3.21. The quantitative estimate of drug-likeness (QED) is 0.839. The molecule has 3 rings (SSSR count). The van der Waals surface area contributed by atoms with Crippen LogP contribution in [-0.4, -0.2) is 18.6 Å². The van der Waals surface area contributed by atoms with Gasteiger partial charge in [-0.3, -0.25) is 5.10 Å². The molecular formula is C10H9ClN2O2S. The van der Waals surface area contributed by atoms with Gasteiger partial charge in [0.2, 0.25) is 0 Å². The molecule has 0 unspecified atom stereocenters. The molecule has 0 aliphatic heterocycles. The number of nitrogens with one attached hydrogen (secondary N) is 1. The van der Waals surface area contributed by atoms with E-state index in [4.69, 9.17) is 10.7 Å². The van der Waals surface area contributed by atoms with Crippen LogP contribution in [0.25, 0.3) is 10.9 Å². The lowest BCUT2D eigenvalue weighted by Crippen LogP contribution is -1.90. The molecule has 84 valence electrons. The van der Waals surface area contributed by atoms with E-state index >= 15 is 0 Å². The van der Waals surface area contributed by atoms with E-state index in [0.717, 1.165) is 29.4 Å². The number of aromatic nitrogens is 2. The molecule has 0 spiro atoms. The molecule has 0 radical (unpaired) electrons. The lowest BCUT2D eigenvalue weighted by Gasteiger charge is -1.97. The Kier molecular flexibility index (Phi) is 2.03. The van der Waals surface area contributed by atoms with Gasteiger partial charge in [-0.25, -0.2) is 8.42 Å². The molecule has 1 N–H and O–H groups in total. The number of H-pyrrole nitrogens is 1. The average Bonchev–Trinajstić information content (AvgIpc) is 2.96. The molecule has 16 heavy (non-hydrogen) atoms. The third-order valence-electron chi connectivity index (χ3n) is 2.82. The van der Waals surface area contributed by atoms with Crippen LogP contribution in [0.5, 0.6) is 0 Å². The van der Waals surface area contributed by atoms with E-state index in [-0.39, 0.29) is 4.90 Å². The zero-order chi connectivity index (χ0) is 11.3. The molecular weight excluding hydrogens is 248 g/mol. The minimum Gasteiger partial charge on any atom is -0.281 e. The fourth-order valence-electron chi connectivity index (χ4n) is 1.84. The van der Waals surface area contributed by atoms with Gasteiger partial charge in [0, 0.05) is 27.7 Å². The highest BCUT2D eigenvalue weighted by Gasteiger charge is 2.27. The van der Waals surface area contributed by atoms with Gasteiger partial charge in [-0.15, -0.1) is 0 Å². The summed E-state index contributed by atoms with van der Waals surface area (Å²) in [5.74, 6) is 0.498. The Balaban J connectivity index is 2.25. The van der Waals surface area contributed by atoms with E-state index in [9.17, 15) is 8.42 Å². The summed E-state index contributed by atoms with van der Waals surface area (Å²) in [6, 6.07) is 4.74. The molecule has 4 nitrogen and oxygen atoms in total. The van der Waals surface area contributed by atoms with Crippen LogP contribution in [0.4, 0.5) is 0 Å². The van der Waals surface area contributed by atoms with Gasteiger partial charge >= 0.3 is 0 Å². The van der Waals surface area contributed by atoms with Gasteiger partial charge in [0.25, 0.3) is 9.05 Å². The third-order valence-corrected chi connectivity index (χ3v) is 4.17. The summed E-state index contributed by atoms with van der Waals surface area (Å²) in [4.78, 5) is 0.130. The average molecular weight is 257 g/mol. The smallest absolute Gasteiger partial charge is 0.261 e. The number of hydrogen-bond donors (Lipinski definition) is 1. The number of hydrogen-bond acceptors (Lipinski definition) is 3. The summed E-state index contributed by atoms with van der Waals surface area (Å²) in [6.45, 7) is 0. The van der Waals surface area contributed by atoms with Crippen molar-refractivity contribution in [3.05, 3.63) is 23.9 Å². The number of rotatable bonds is 2. The van der Waals surface area contributed by atoms with Crippen LogP contribution in [0, 0.1) is 0 Å². The van der Waals surface area contributed by atoms with Crippen molar-refractivity contribution in [3.8, 4) is 0 Å². The van der Waals surface area contributed by atoms with Gasteiger partial charge in [-0.1, -0.05) is 0 Å². The molecule has 1 aromatic heterocycles. The van der Waals surface area contributed by atoms with Gasteiger partial charge in [0.15, 0.2) is 0 Å². The highest BCUT2D eigenvalue weighted by atomic mass is 35.7. The van der Waals surface area contributed by atoms with Crippen molar-refractivity contribution >= 4 is 30.6 Å². The normalized spacial score (nSPS) is 16.8. The Bertz CT molecular complexity index is 659. The first-order valence-electron chi connectivity index (χ1n) is 4.98. The molecule has 1 aliphatic carbocycles. The predicted molar refractivity (Wildman–Crippen MR) is 61.1 cm³/mol. The first kappa shape index (κ1) is 10.1. The monoisotopic (exact) mass is 256 g/mol. The first-order valence-corrected chi connectivity index (χ1v) is 7.29. The number of benzene rings is 1. The molecule has 1 fully saturated rings. The van der Waals surface area contributed by atoms with Gasteiger partial charge in [0.05, 0.1) is 10.4 Å². The van der Waals surface area contributed by atoms with E-state index in [2.05, 4.69) is 10.2 Å². The van der Waals surface area contributed by atoms with Gasteiger partial charge in [-0.05, 0) is 31.0 Å². The van der Waals surface area contributed by atoms with Crippen LogP contribution >= 0.6 is 10.7 Å². The highest BCUT2D eigenvalue weighted by Crippen LogP contribution is 2.42. The lowest BCUT2D eigenvalue weighted by atomic mass is 10.1. The molecule has 2 aromatic rings. The molecule has 1 aromatic carbocycles. The second-order valence-corrected chi connectivity index (χ2v) is 6.59. The van der Waals surface area contributed by atoms with Crippen molar-refractivity contribution < 1.29 is 8.42 Å². The lowest BCUT2D eigenvalue weighted by molar-refractivity contribution is 0.609. The summed E-state index contributed by atoms with van der Waals surface area (Å²) in [7, 11) is 1.65. The van der Waals surface area contributed by atoms with Crippen LogP contribution in [0.1, 0.15) is 24.5 Å². The molecule has 1 aliphatic rings. The van der Waals surface area contributed by atoms with Crippen molar-refractivity contribution in [2.45, 2.75) is 23.7 Å². The molecule has 0 amide bonds. The van der Waals surface area contributed by atoms with Gasteiger partial charge in [0.1, 0.15) is 0 Å². The molecule has 6 heteroatoms. The maximum Gasteiger partial charge on any atom is 0.261 e. The van der Waals surface area contributed by atoms with E-state index in [1.165, 1.54) is 6.07 Å². The first-order chi connectivity index (χ1) is 7.55. The summed E-state index contributed by atoms with van der Waals surface area (Å²) in [5.41, 5.74) is 1.81. The van der Waals surface area contributed by atoms with E-state index < -0.39 is 9.05 Å². The Labute approximate surface area is 97.0 Å². The predicted octanol–water partition coefficient (Wildman–Crippen LogP) is 2.37. The SMILES string of the molecule is O=S(=O)(Cl)c1ccc2n[nH]c(C3CC3)c2c1. The minimum atomic E-state index is -3.66. The Morgan fingerprint density at radius 2 is 2.12 bits per heavy atom. The molecule has 0 bridgehead atoms. The van der Waals surface area contributed by atoms with E-state index in [0.29, 0.717) is 5.92 Å². The number of aromatic amines is 1. The van der Waals surface area contributed by atoms with E-state index in [1.54, 1.807) is 12.1 Å². The van der Waals surface area contributed by atoms with Crippen LogP contribution < -0.4 is 0 Å². The summed E-state index contributed by atoms with van der Waals surface area (Å²) < 4.78 is 22.5. The maximum absolute atomic E-state index is 11.2. The summed E-state index contributed by atoms with van der Waals surface area (Å²) in [5, 5.41) is 7.97. The molecule has 1 heterocycles. The molecule has 1 saturated carbocycles. The fraction of sp³-hybridized carbons (Fsp3) is 0.300. The topological polar surface area (TPSA) is 62.8 Å².